The molecular formula is C22H17ClO2Te. The van der Waals surface area contributed by atoms with Crippen LogP contribution in [0.3, 0.4) is 0 Å². The summed E-state index contributed by atoms with van der Waals surface area (Å²) in [6.45, 7) is 0. The monoisotopic (exact) mass is 478 g/mol. The van der Waals surface area contributed by atoms with E-state index in [1.807, 2.05) is 54.6 Å². The molecule has 130 valence electrons. The quantitative estimate of drug-likeness (QED) is 0.295. The van der Waals surface area contributed by atoms with Gasteiger partial charge in [-0.1, -0.05) is 0 Å². The first-order valence-corrected chi connectivity index (χ1v) is 10.8. The van der Waals surface area contributed by atoms with Gasteiger partial charge < -0.3 is 0 Å². The number of methoxy groups -OCH3 is 1. The number of halogens is 1. The van der Waals surface area contributed by atoms with E-state index >= 15 is 0 Å². The molecule has 0 aliphatic heterocycles. The summed E-state index contributed by atoms with van der Waals surface area (Å²) < 4.78 is 7.49. The molecule has 0 fully saturated rings. The van der Waals surface area contributed by atoms with Crippen LogP contribution >= 0.6 is 11.6 Å². The zero-order valence-corrected chi connectivity index (χ0v) is 17.3. The maximum atomic E-state index is 12.8. The van der Waals surface area contributed by atoms with Gasteiger partial charge in [0, 0.05) is 0 Å². The summed E-state index contributed by atoms with van der Waals surface area (Å²) in [7, 11) is 1.61. The van der Waals surface area contributed by atoms with Crippen molar-refractivity contribution in [3.8, 4) is 5.75 Å². The first kappa shape index (κ1) is 18.7. The zero-order chi connectivity index (χ0) is 18.4. The van der Waals surface area contributed by atoms with Crippen molar-refractivity contribution in [2.75, 3.05) is 7.11 Å². The molecule has 0 spiro atoms. The van der Waals surface area contributed by atoms with Gasteiger partial charge >= 0.3 is 169 Å². The maximum absolute atomic E-state index is 12.8. The minimum absolute atomic E-state index is 0.00516. The van der Waals surface area contributed by atoms with Crippen molar-refractivity contribution in [3.05, 3.63) is 101 Å². The van der Waals surface area contributed by atoms with Crippen molar-refractivity contribution in [3.63, 3.8) is 0 Å². The van der Waals surface area contributed by atoms with Crippen molar-refractivity contribution in [1.29, 1.82) is 0 Å². The molecule has 0 saturated heterocycles. The van der Waals surface area contributed by atoms with Crippen molar-refractivity contribution >= 4 is 45.5 Å². The number of carbonyl (C=O) groups is 1. The Balaban J connectivity index is 1.92. The van der Waals surface area contributed by atoms with Gasteiger partial charge in [-0.3, -0.25) is 0 Å². The fraction of sp³-hybridized carbons (Fsp3) is 0.0455. The third-order valence-corrected chi connectivity index (χ3v) is 7.07. The molecule has 0 radical (unpaired) electrons. The Kier molecular flexibility index (Phi) is 6.52. The third kappa shape index (κ3) is 4.99. The molecule has 2 nitrogen and oxygen atoms in total. The predicted octanol–water partition coefficient (Wildman–Crippen LogP) is 4.60. The minimum atomic E-state index is -0.721. The zero-order valence-electron chi connectivity index (χ0n) is 14.2. The second kappa shape index (κ2) is 9.05. The number of ether oxygens (including phenoxy) is 1. The second-order valence-corrected chi connectivity index (χ2v) is 9.14. The average molecular weight is 476 g/mol. The molecule has 0 aliphatic rings. The van der Waals surface area contributed by atoms with E-state index < -0.39 is 20.9 Å². The number of ketones is 1. The number of benzene rings is 3. The molecule has 0 atom stereocenters. The molecule has 0 bridgehead atoms. The van der Waals surface area contributed by atoms with Crippen LogP contribution in [0.1, 0.15) is 15.9 Å². The molecule has 0 heterocycles. The van der Waals surface area contributed by atoms with Gasteiger partial charge in [-0.05, 0) is 0 Å². The van der Waals surface area contributed by atoms with Crippen LogP contribution in [0.25, 0.3) is 3.62 Å². The van der Waals surface area contributed by atoms with E-state index in [0.29, 0.717) is 5.56 Å². The molecule has 3 aromatic carbocycles. The number of hydrogen-bond acceptors (Lipinski definition) is 2. The summed E-state index contributed by atoms with van der Waals surface area (Å²) in [5, 5.41) is 0.723. The Bertz CT molecular complexity index is 901. The Hall–Kier alpha value is -2.05. The standard InChI is InChI=1S/C22H17ClO2Te/c1-25-19-11-7-16(8-12-19)21(24)15-22(17-5-3-2-4-6-17)26-20-13-9-18(23)10-14-20/h2-15H,1H3/b22-15-. The molecule has 26 heavy (non-hydrogen) atoms. The van der Waals surface area contributed by atoms with Crippen LogP contribution in [0.15, 0.2) is 84.9 Å². The third-order valence-electron chi connectivity index (χ3n) is 3.74. The van der Waals surface area contributed by atoms with Crippen LogP contribution in [-0.4, -0.2) is 33.8 Å². The van der Waals surface area contributed by atoms with E-state index in [9.17, 15) is 4.79 Å². The number of carbonyl (C=O) groups excluding carboxylic acids is 1. The first-order chi connectivity index (χ1) is 12.7. The molecule has 4 heteroatoms. The Morgan fingerprint density at radius 3 is 2.15 bits per heavy atom. The van der Waals surface area contributed by atoms with Crippen LogP contribution in [0.4, 0.5) is 0 Å². The van der Waals surface area contributed by atoms with E-state index in [1.165, 1.54) is 3.61 Å². The van der Waals surface area contributed by atoms with E-state index in [4.69, 9.17) is 16.3 Å². The van der Waals surface area contributed by atoms with Gasteiger partial charge in [0.2, 0.25) is 0 Å². The molecular weight excluding hydrogens is 459 g/mol. The molecule has 0 unspecified atom stereocenters. The molecule has 0 amide bonds. The fourth-order valence-corrected chi connectivity index (χ4v) is 5.19. The van der Waals surface area contributed by atoms with E-state index in [2.05, 4.69) is 0 Å². The summed E-state index contributed by atoms with van der Waals surface area (Å²) in [4.78, 5) is 12.8. The van der Waals surface area contributed by atoms with Gasteiger partial charge in [0.15, 0.2) is 0 Å². The van der Waals surface area contributed by atoms with Gasteiger partial charge in [-0.15, -0.1) is 0 Å². The predicted molar refractivity (Wildman–Crippen MR) is 109 cm³/mol. The summed E-state index contributed by atoms with van der Waals surface area (Å²) in [5.74, 6) is 0.745. The van der Waals surface area contributed by atoms with Crippen LogP contribution in [0.2, 0.25) is 5.02 Å². The summed E-state index contributed by atoms with van der Waals surface area (Å²) >= 11 is 5.27. The van der Waals surface area contributed by atoms with Crippen molar-refractivity contribution in [2.45, 2.75) is 0 Å². The summed E-state index contributed by atoms with van der Waals surface area (Å²) in [5.41, 5.74) is 1.74. The summed E-state index contributed by atoms with van der Waals surface area (Å²) in [6, 6.07) is 25.1. The fourth-order valence-electron chi connectivity index (χ4n) is 2.36. The van der Waals surface area contributed by atoms with E-state index in [-0.39, 0.29) is 5.78 Å². The van der Waals surface area contributed by atoms with Crippen molar-refractivity contribution in [2.24, 2.45) is 0 Å². The van der Waals surface area contributed by atoms with Gasteiger partial charge in [0.25, 0.3) is 0 Å². The van der Waals surface area contributed by atoms with Gasteiger partial charge in [-0.25, -0.2) is 0 Å². The van der Waals surface area contributed by atoms with Crippen LogP contribution < -0.4 is 8.35 Å². The topological polar surface area (TPSA) is 26.3 Å². The number of allylic oxidation sites excluding steroid dienone is 1. The van der Waals surface area contributed by atoms with Crippen LogP contribution in [0, 0.1) is 0 Å². The molecule has 0 aliphatic carbocycles. The Morgan fingerprint density at radius 1 is 0.885 bits per heavy atom. The molecule has 3 aromatic rings. The van der Waals surface area contributed by atoms with Crippen LogP contribution in [-0.2, 0) is 0 Å². The number of rotatable bonds is 6. The Labute approximate surface area is 168 Å². The second-order valence-electron chi connectivity index (χ2n) is 5.52. The number of hydrogen-bond donors (Lipinski definition) is 0. The van der Waals surface area contributed by atoms with Gasteiger partial charge in [0.1, 0.15) is 0 Å². The molecule has 0 aromatic heterocycles. The summed E-state index contributed by atoms with van der Waals surface area (Å²) in [6.07, 6.45) is 1.77. The van der Waals surface area contributed by atoms with Crippen LogP contribution in [0.5, 0.6) is 5.75 Å². The molecule has 3 rings (SSSR count). The average Bonchev–Trinajstić information content (AvgIpc) is 2.70. The first-order valence-electron chi connectivity index (χ1n) is 8.04. The van der Waals surface area contributed by atoms with Crippen molar-refractivity contribution in [1.82, 2.24) is 0 Å². The molecule has 0 N–H and O–H groups in total. The normalized spacial score (nSPS) is 11.2. The Morgan fingerprint density at radius 2 is 1.54 bits per heavy atom. The van der Waals surface area contributed by atoms with Crippen molar-refractivity contribution < 1.29 is 9.53 Å². The van der Waals surface area contributed by atoms with Gasteiger partial charge in [-0.2, -0.15) is 0 Å². The van der Waals surface area contributed by atoms with Gasteiger partial charge in [0.05, 0.1) is 0 Å². The van der Waals surface area contributed by atoms with E-state index in [1.54, 1.807) is 37.5 Å². The SMILES string of the molecule is COc1ccc(C(=O)/C=C(\[Te]c2ccc(Cl)cc2)c2ccccc2)cc1. The molecule has 0 saturated carbocycles. The van der Waals surface area contributed by atoms with E-state index in [0.717, 1.165) is 20.0 Å².